The molecule has 1 aliphatic heterocycles. The van der Waals surface area contributed by atoms with Crippen molar-refractivity contribution in [2.24, 2.45) is 0 Å². The molecule has 1 fully saturated rings. The molecule has 2 atom stereocenters. The van der Waals surface area contributed by atoms with E-state index in [0.29, 0.717) is 6.42 Å². The summed E-state index contributed by atoms with van der Waals surface area (Å²) in [5.41, 5.74) is 1.08. The van der Waals surface area contributed by atoms with E-state index in [1.165, 1.54) is 4.88 Å². The molecular formula is C17H19NO3S. The summed E-state index contributed by atoms with van der Waals surface area (Å²) in [7, 11) is 1.65. The fraction of sp³-hybridized carbons (Fsp3) is 0.353. The van der Waals surface area contributed by atoms with Crippen LogP contribution in [0.15, 0.2) is 41.8 Å². The molecule has 1 aliphatic rings. The molecule has 5 heteroatoms. The number of methoxy groups -OCH3 is 1. The fourth-order valence-corrected chi connectivity index (χ4v) is 4.01. The average Bonchev–Trinajstić information content (AvgIpc) is 3.20. The van der Waals surface area contributed by atoms with Gasteiger partial charge in [0.2, 0.25) is 0 Å². The summed E-state index contributed by atoms with van der Waals surface area (Å²) in [4.78, 5) is 14.8. The molecule has 0 amide bonds. The van der Waals surface area contributed by atoms with Crippen LogP contribution in [0, 0.1) is 0 Å². The van der Waals surface area contributed by atoms with Gasteiger partial charge in [0.05, 0.1) is 13.2 Å². The summed E-state index contributed by atoms with van der Waals surface area (Å²) in [6.45, 7) is 0.802. The van der Waals surface area contributed by atoms with Crippen molar-refractivity contribution in [3.63, 3.8) is 0 Å². The van der Waals surface area contributed by atoms with Gasteiger partial charge in [-0.1, -0.05) is 18.2 Å². The topological polar surface area (TPSA) is 49.8 Å². The van der Waals surface area contributed by atoms with Gasteiger partial charge in [0.1, 0.15) is 11.8 Å². The summed E-state index contributed by atoms with van der Waals surface area (Å²) in [5, 5.41) is 11.6. The van der Waals surface area contributed by atoms with Gasteiger partial charge in [-0.25, -0.2) is 0 Å². The van der Waals surface area contributed by atoms with Crippen LogP contribution in [0.5, 0.6) is 5.75 Å². The number of carboxylic acid groups (broad SMARTS) is 1. The summed E-state index contributed by atoms with van der Waals surface area (Å²) >= 11 is 1.66. The Bertz CT molecular complexity index is 641. The maximum atomic E-state index is 11.6. The second-order valence-electron chi connectivity index (χ2n) is 5.43. The van der Waals surface area contributed by atoms with Crippen molar-refractivity contribution in [3.05, 3.63) is 52.2 Å². The van der Waals surface area contributed by atoms with E-state index >= 15 is 0 Å². The van der Waals surface area contributed by atoms with Crippen LogP contribution in [0.2, 0.25) is 0 Å². The first-order valence-electron chi connectivity index (χ1n) is 7.36. The van der Waals surface area contributed by atoms with Crippen LogP contribution in [0.1, 0.15) is 29.3 Å². The van der Waals surface area contributed by atoms with Gasteiger partial charge in [0, 0.05) is 11.4 Å². The third-order valence-corrected chi connectivity index (χ3v) is 5.06. The van der Waals surface area contributed by atoms with Crippen molar-refractivity contribution in [1.29, 1.82) is 0 Å². The van der Waals surface area contributed by atoms with E-state index < -0.39 is 12.0 Å². The fourth-order valence-electron chi connectivity index (χ4n) is 3.14. The van der Waals surface area contributed by atoms with Gasteiger partial charge >= 0.3 is 5.97 Å². The van der Waals surface area contributed by atoms with Crippen LogP contribution in [0.25, 0.3) is 0 Å². The van der Waals surface area contributed by atoms with E-state index in [-0.39, 0.29) is 6.04 Å². The number of nitrogens with zero attached hydrogens (tertiary/aromatic N) is 1. The van der Waals surface area contributed by atoms with Gasteiger partial charge in [-0.05, 0) is 42.0 Å². The molecule has 1 aromatic heterocycles. The Kier molecular flexibility index (Phi) is 4.45. The second kappa shape index (κ2) is 6.50. The number of rotatable bonds is 5. The molecule has 1 aromatic carbocycles. The lowest BCUT2D eigenvalue weighted by atomic mass is 10.0. The van der Waals surface area contributed by atoms with E-state index in [1.807, 2.05) is 35.7 Å². The largest absolute Gasteiger partial charge is 0.497 e. The first-order chi connectivity index (χ1) is 10.7. The summed E-state index contributed by atoms with van der Waals surface area (Å²) < 4.78 is 5.33. The average molecular weight is 317 g/mol. The minimum absolute atomic E-state index is 0.0290. The molecule has 0 radical (unpaired) electrons. The molecule has 0 bridgehead atoms. The number of benzene rings is 1. The molecule has 4 nitrogen and oxygen atoms in total. The highest BCUT2D eigenvalue weighted by atomic mass is 32.1. The van der Waals surface area contributed by atoms with Gasteiger partial charge in [-0.2, -0.15) is 0 Å². The number of aliphatic carboxylic acids is 1. The van der Waals surface area contributed by atoms with Gasteiger partial charge in [0.15, 0.2) is 0 Å². The quantitative estimate of drug-likeness (QED) is 0.918. The van der Waals surface area contributed by atoms with Gasteiger partial charge < -0.3 is 9.84 Å². The zero-order valence-electron chi connectivity index (χ0n) is 12.4. The van der Waals surface area contributed by atoms with Crippen LogP contribution < -0.4 is 4.74 Å². The number of carboxylic acids is 1. The molecule has 2 heterocycles. The Morgan fingerprint density at radius 1 is 1.41 bits per heavy atom. The number of ether oxygens (including phenoxy) is 1. The number of thiophene rings is 1. The highest BCUT2D eigenvalue weighted by molar-refractivity contribution is 7.10. The third kappa shape index (κ3) is 2.87. The minimum atomic E-state index is -0.734. The Hall–Kier alpha value is -1.85. The Balaban J connectivity index is 2.02. The predicted molar refractivity (Wildman–Crippen MR) is 86.5 cm³/mol. The number of likely N-dealkylation sites (tertiary alicyclic amines) is 1. The van der Waals surface area contributed by atoms with Crippen LogP contribution in [-0.2, 0) is 4.79 Å². The normalized spacial score (nSPS) is 20.0. The third-order valence-electron chi connectivity index (χ3n) is 4.13. The molecule has 0 spiro atoms. The van der Waals surface area contributed by atoms with Crippen molar-refractivity contribution < 1.29 is 14.6 Å². The monoisotopic (exact) mass is 317 g/mol. The van der Waals surface area contributed by atoms with Crippen molar-refractivity contribution in [3.8, 4) is 5.75 Å². The highest BCUT2D eigenvalue weighted by Gasteiger charge is 2.37. The van der Waals surface area contributed by atoms with Crippen LogP contribution in [0.3, 0.4) is 0 Å². The Morgan fingerprint density at radius 3 is 2.95 bits per heavy atom. The number of hydrogen-bond acceptors (Lipinski definition) is 4. The molecule has 1 saturated heterocycles. The molecule has 1 N–H and O–H groups in total. The van der Waals surface area contributed by atoms with E-state index in [1.54, 1.807) is 18.4 Å². The SMILES string of the molecule is COc1cccc(C(c2cccs2)N2CCCC2C(=O)O)c1. The Morgan fingerprint density at radius 2 is 2.27 bits per heavy atom. The molecule has 22 heavy (non-hydrogen) atoms. The first-order valence-corrected chi connectivity index (χ1v) is 8.24. The molecular weight excluding hydrogens is 298 g/mol. The van der Waals surface area contributed by atoms with Crippen LogP contribution in [0.4, 0.5) is 0 Å². The lowest BCUT2D eigenvalue weighted by Gasteiger charge is -2.31. The zero-order valence-corrected chi connectivity index (χ0v) is 13.3. The molecule has 0 saturated carbocycles. The van der Waals surface area contributed by atoms with Crippen molar-refractivity contribution in [1.82, 2.24) is 4.90 Å². The van der Waals surface area contributed by atoms with E-state index in [0.717, 1.165) is 24.3 Å². The zero-order chi connectivity index (χ0) is 15.5. The van der Waals surface area contributed by atoms with Gasteiger partial charge in [-0.15, -0.1) is 11.3 Å². The summed E-state index contributed by atoms with van der Waals surface area (Å²) in [6, 6.07) is 11.6. The lowest BCUT2D eigenvalue weighted by Crippen LogP contribution is -2.39. The summed E-state index contributed by atoms with van der Waals surface area (Å²) in [6.07, 6.45) is 1.63. The first kappa shape index (κ1) is 15.1. The molecule has 0 aliphatic carbocycles. The molecule has 116 valence electrons. The molecule has 2 unspecified atom stereocenters. The predicted octanol–water partition coefficient (Wildman–Crippen LogP) is 3.40. The minimum Gasteiger partial charge on any atom is -0.497 e. The van der Waals surface area contributed by atoms with E-state index in [9.17, 15) is 9.90 Å². The number of hydrogen-bond donors (Lipinski definition) is 1. The maximum absolute atomic E-state index is 11.6. The standard InChI is InChI=1S/C17H19NO3S/c1-21-13-6-2-5-12(11-13)16(15-8-4-10-22-15)18-9-3-7-14(18)17(19)20/h2,4-6,8,10-11,14,16H,3,7,9H2,1H3,(H,19,20). The van der Waals surface area contributed by atoms with Gasteiger partial charge in [0.25, 0.3) is 0 Å². The van der Waals surface area contributed by atoms with E-state index in [2.05, 4.69) is 11.0 Å². The van der Waals surface area contributed by atoms with Crippen LogP contribution >= 0.6 is 11.3 Å². The second-order valence-corrected chi connectivity index (χ2v) is 6.41. The highest BCUT2D eigenvalue weighted by Crippen LogP contribution is 2.37. The molecule has 2 aromatic rings. The molecule has 3 rings (SSSR count). The lowest BCUT2D eigenvalue weighted by molar-refractivity contribution is -0.142. The summed E-state index contributed by atoms with van der Waals surface area (Å²) in [5.74, 6) is 0.0621. The van der Waals surface area contributed by atoms with Gasteiger partial charge in [-0.3, -0.25) is 9.69 Å². The number of carbonyl (C=O) groups is 1. The Labute approximate surface area is 134 Å². The smallest absolute Gasteiger partial charge is 0.320 e. The maximum Gasteiger partial charge on any atom is 0.320 e. The van der Waals surface area contributed by atoms with Crippen molar-refractivity contribution in [2.45, 2.75) is 24.9 Å². The van der Waals surface area contributed by atoms with E-state index in [4.69, 9.17) is 4.74 Å². The van der Waals surface area contributed by atoms with Crippen molar-refractivity contribution in [2.75, 3.05) is 13.7 Å². The van der Waals surface area contributed by atoms with Crippen molar-refractivity contribution >= 4 is 17.3 Å². The van der Waals surface area contributed by atoms with Crippen LogP contribution in [-0.4, -0.2) is 35.7 Å².